The van der Waals surface area contributed by atoms with Gasteiger partial charge in [0.05, 0.1) is 12.3 Å². The van der Waals surface area contributed by atoms with Gasteiger partial charge in [0.25, 0.3) is 0 Å². The fourth-order valence-corrected chi connectivity index (χ4v) is 3.76. The van der Waals surface area contributed by atoms with E-state index in [1.165, 1.54) is 0 Å². The summed E-state index contributed by atoms with van der Waals surface area (Å²) >= 11 is 0. The molecule has 3 N–H and O–H groups in total. The Morgan fingerprint density at radius 1 is 1.43 bits per heavy atom. The Labute approximate surface area is 126 Å². The molecule has 0 aliphatic carbocycles. The molecule has 5 atom stereocenters. The first-order valence-electron chi connectivity index (χ1n) is 7.96. The molecule has 21 heavy (non-hydrogen) atoms. The minimum absolute atomic E-state index is 0.111. The van der Waals surface area contributed by atoms with Gasteiger partial charge in [0.1, 0.15) is 6.04 Å². The van der Waals surface area contributed by atoms with E-state index in [9.17, 15) is 9.90 Å². The minimum Gasteiger partial charge on any atom is -0.480 e. The molecular formula is C15H27N3O3. The molecule has 6 nitrogen and oxygen atoms in total. The molecule has 0 aromatic carbocycles. The highest BCUT2D eigenvalue weighted by atomic mass is 16.5. The second kappa shape index (κ2) is 5.50. The second-order valence-electron chi connectivity index (χ2n) is 7.62. The molecular weight excluding hydrogens is 270 g/mol. The highest BCUT2D eigenvalue weighted by molar-refractivity contribution is 5.73. The largest absolute Gasteiger partial charge is 0.480 e. The van der Waals surface area contributed by atoms with Crippen LogP contribution in [-0.2, 0) is 9.53 Å². The van der Waals surface area contributed by atoms with Gasteiger partial charge >= 0.3 is 5.97 Å². The van der Waals surface area contributed by atoms with E-state index >= 15 is 0 Å². The molecule has 3 aliphatic rings. The average molecular weight is 297 g/mol. The molecule has 0 amide bonds. The quantitative estimate of drug-likeness (QED) is 0.693. The third-order valence-electron chi connectivity index (χ3n) is 4.98. The smallest absolute Gasteiger partial charge is 0.320 e. The van der Waals surface area contributed by atoms with Gasteiger partial charge in [-0.15, -0.1) is 0 Å². The number of aliphatic carboxylic acids is 1. The van der Waals surface area contributed by atoms with Crippen LogP contribution < -0.4 is 10.6 Å². The van der Waals surface area contributed by atoms with E-state index in [2.05, 4.69) is 36.3 Å². The fourth-order valence-electron chi connectivity index (χ4n) is 3.76. The van der Waals surface area contributed by atoms with E-state index in [1.807, 2.05) is 0 Å². The summed E-state index contributed by atoms with van der Waals surface area (Å²) in [6, 6.07) is 0.169. The van der Waals surface area contributed by atoms with Crippen molar-refractivity contribution in [2.75, 3.05) is 19.7 Å². The van der Waals surface area contributed by atoms with E-state index in [0.717, 1.165) is 26.1 Å². The van der Waals surface area contributed by atoms with E-state index in [-0.39, 0.29) is 17.6 Å². The first-order chi connectivity index (χ1) is 9.86. The Morgan fingerprint density at radius 2 is 2.14 bits per heavy atom. The Kier molecular flexibility index (Phi) is 3.98. The normalized spacial score (nSPS) is 40.6. The van der Waals surface area contributed by atoms with Crippen LogP contribution in [0.2, 0.25) is 0 Å². The van der Waals surface area contributed by atoms with Crippen LogP contribution in [0.4, 0.5) is 0 Å². The predicted octanol–water partition coefficient (Wildman–Crippen LogP) is 0.236. The molecule has 0 spiro atoms. The van der Waals surface area contributed by atoms with E-state index < -0.39 is 12.0 Å². The fraction of sp³-hybridized carbons (Fsp3) is 0.933. The molecule has 0 aromatic heterocycles. The van der Waals surface area contributed by atoms with Gasteiger partial charge in [-0.3, -0.25) is 15.0 Å². The Hall–Kier alpha value is -0.690. The summed E-state index contributed by atoms with van der Waals surface area (Å²) in [5.41, 5.74) is 0.111. The lowest BCUT2D eigenvalue weighted by atomic mass is 9.90. The van der Waals surface area contributed by atoms with Gasteiger partial charge in [0.2, 0.25) is 0 Å². The highest BCUT2D eigenvalue weighted by Gasteiger charge is 2.49. The molecule has 3 rings (SSSR count). The number of carboxylic acid groups (broad SMARTS) is 1. The monoisotopic (exact) mass is 297 g/mol. The SMILES string of the molecule is CC(C)(C)C1NC2CNC(C(=O)O)CC2N1C[C@@H]1CCO1. The Morgan fingerprint density at radius 3 is 2.67 bits per heavy atom. The first-order valence-corrected chi connectivity index (χ1v) is 7.96. The van der Waals surface area contributed by atoms with Gasteiger partial charge in [0, 0.05) is 31.8 Å². The van der Waals surface area contributed by atoms with Gasteiger partial charge in [0.15, 0.2) is 0 Å². The number of hydrogen-bond acceptors (Lipinski definition) is 5. The molecule has 0 radical (unpaired) electrons. The number of nitrogens with one attached hydrogen (secondary N) is 2. The van der Waals surface area contributed by atoms with Crippen molar-refractivity contribution in [3.05, 3.63) is 0 Å². The zero-order valence-corrected chi connectivity index (χ0v) is 13.1. The van der Waals surface area contributed by atoms with E-state index in [4.69, 9.17) is 4.74 Å². The van der Waals surface area contributed by atoms with Crippen molar-refractivity contribution in [3.8, 4) is 0 Å². The van der Waals surface area contributed by atoms with Crippen molar-refractivity contribution in [2.24, 2.45) is 5.41 Å². The van der Waals surface area contributed by atoms with Crippen molar-refractivity contribution >= 4 is 5.97 Å². The van der Waals surface area contributed by atoms with Crippen LogP contribution in [0, 0.1) is 5.41 Å². The summed E-state index contributed by atoms with van der Waals surface area (Å²) in [5.74, 6) is -0.743. The van der Waals surface area contributed by atoms with Crippen LogP contribution in [0.25, 0.3) is 0 Å². The van der Waals surface area contributed by atoms with Crippen molar-refractivity contribution in [3.63, 3.8) is 0 Å². The van der Waals surface area contributed by atoms with Crippen LogP contribution in [-0.4, -0.2) is 66.1 Å². The number of carbonyl (C=O) groups is 1. The predicted molar refractivity (Wildman–Crippen MR) is 79.1 cm³/mol. The molecule has 3 fully saturated rings. The number of rotatable bonds is 3. The molecule has 0 aromatic rings. The maximum atomic E-state index is 11.3. The summed E-state index contributed by atoms with van der Waals surface area (Å²) in [5, 5.41) is 16.1. The van der Waals surface area contributed by atoms with Crippen LogP contribution in [0.15, 0.2) is 0 Å². The van der Waals surface area contributed by atoms with E-state index in [0.29, 0.717) is 18.6 Å². The van der Waals surface area contributed by atoms with Crippen molar-refractivity contribution in [2.45, 2.75) is 64.0 Å². The van der Waals surface area contributed by atoms with E-state index in [1.54, 1.807) is 0 Å². The third-order valence-corrected chi connectivity index (χ3v) is 4.98. The van der Waals surface area contributed by atoms with Crippen LogP contribution in [0.1, 0.15) is 33.6 Å². The maximum absolute atomic E-state index is 11.3. The molecule has 0 saturated carbocycles. The Bertz CT molecular complexity index is 405. The molecule has 3 saturated heterocycles. The Balaban J connectivity index is 1.76. The maximum Gasteiger partial charge on any atom is 0.320 e. The zero-order valence-electron chi connectivity index (χ0n) is 13.1. The second-order valence-corrected chi connectivity index (χ2v) is 7.62. The molecule has 6 heteroatoms. The van der Waals surface area contributed by atoms with Gasteiger partial charge < -0.3 is 15.2 Å². The summed E-state index contributed by atoms with van der Waals surface area (Å²) in [6.45, 7) is 9.19. The standard InChI is InChI=1S/C15H27N3O3/c1-15(2,3)14-17-11-7-16-10(13(19)20)6-12(11)18(14)8-9-4-5-21-9/h9-12,14,16-17H,4-8H2,1-3H3,(H,19,20)/t9-,10?,11?,12?,14?/m0/s1. The van der Waals surface area contributed by atoms with Gasteiger partial charge in [-0.2, -0.15) is 0 Å². The lowest BCUT2D eigenvalue weighted by Gasteiger charge is -2.42. The van der Waals surface area contributed by atoms with Crippen molar-refractivity contribution in [1.82, 2.24) is 15.5 Å². The van der Waals surface area contributed by atoms with Gasteiger partial charge in [-0.1, -0.05) is 20.8 Å². The number of piperidine rings is 1. The van der Waals surface area contributed by atoms with Gasteiger partial charge in [-0.05, 0) is 18.3 Å². The number of nitrogens with zero attached hydrogens (tertiary/aromatic N) is 1. The van der Waals surface area contributed by atoms with Gasteiger partial charge in [-0.25, -0.2) is 0 Å². The highest BCUT2D eigenvalue weighted by Crippen LogP contribution is 2.34. The number of fused-ring (bicyclic) bond motifs is 1. The number of hydrogen-bond donors (Lipinski definition) is 3. The molecule has 3 aliphatic heterocycles. The zero-order chi connectivity index (χ0) is 15.2. The first kappa shape index (κ1) is 15.2. The number of carboxylic acids is 1. The molecule has 0 bridgehead atoms. The third kappa shape index (κ3) is 2.95. The average Bonchev–Trinajstić information content (AvgIpc) is 2.71. The van der Waals surface area contributed by atoms with Crippen molar-refractivity contribution < 1.29 is 14.6 Å². The molecule has 120 valence electrons. The molecule has 4 unspecified atom stereocenters. The molecule has 3 heterocycles. The van der Waals surface area contributed by atoms with Crippen LogP contribution in [0.5, 0.6) is 0 Å². The summed E-state index contributed by atoms with van der Waals surface area (Å²) in [4.78, 5) is 13.8. The summed E-state index contributed by atoms with van der Waals surface area (Å²) in [7, 11) is 0. The van der Waals surface area contributed by atoms with Crippen molar-refractivity contribution in [1.29, 1.82) is 0 Å². The van der Waals surface area contributed by atoms with Crippen LogP contribution >= 0.6 is 0 Å². The summed E-state index contributed by atoms with van der Waals surface area (Å²) < 4.78 is 5.61. The lowest BCUT2D eigenvalue weighted by Crippen LogP contribution is -2.57. The topological polar surface area (TPSA) is 73.8 Å². The van der Waals surface area contributed by atoms with Crippen LogP contribution in [0.3, 0.4) is 0 Å². The lowest BCUT2D eigenvalue weighted by molar-refractivity contribution is -0.140. The number of ether oxygens (including phenoxy) is 1. The summed E-state index contributed by atoms with van der Waals surface area (Å²) in [6.07, 6.45) is 2.36. The minimum atomic E-state index is -0.743.